The van der Waals surface area contributed by atoms with E-state index in [2.05, 4.69) is 66.9 Å². The van der Waals surface area contributed by atoms with E-state index in [0.717, 1.165) is 37.7 Å². The molecule has 0 saturated heterocycles. The lowest BCUT2D eigenvalue weighted by Crippen LogP contribution is -2.30. The first kappa shape index (κ1) is 24.1. The molecule has 0 aromatic heterocycles. The number of nitriles is 1. The van der Waals surface area contributed by atoms with Gasteiger partial charge in [0.2, 0.25) is 0 Å². The number of amides is 1. The van der Waals surface area contributed by atoms with E-state index in [4.69, 9.17) is 0 Å². The molecule has 0 bridgehead atoms. The summed E-state index contributed by atoms with van der Waals surface area (Å²) in [6, 6.07) is 15.4. The normalized spacial score (nSPS) is 17.0. The van der Waals surface area contributed by atoms with Crippen LogP contribution in [0.1, 0.15) is 97.8 Å². The Bertz CT molecular complexity index is 1090. The lowest BCUT2D eigenvalue weighted by Gasteiger charge is -2.22. The Balaban J connectivity index is 1.44. The summed E-state index contributed by atoms with van der Waals surface area (Å²) in [7, 11) is 0. The number of carbonyl (C=O) groups excluding carboxylic acids is 1. The minimum absolute atomic E-state index is 0.0750. The number of hydrogen-bond donors (Lipinski definition) is 2. The van der Waals surface area contributed by atoms with Gasteiger partial charge in [-0.05, 0) is 97.6 Å². The molecule has 1 amide bonds. The molecule has 4 rings (SSSR count). The van der Waals surface area contributed by atoms with Crippen molar-refractivity contribution in [2.75, 3.05) is 0 Å². The van der Waals surface area contributed by atoms with Crippen LogP contribution in [0.25, 0.3) is 0 Å². The Morgan fingerprint density at radius 2 is 1.35 bits per heavy atom. The molecule has 4 heteroatoms. The molecule has 2 aromatic carbocycles. The van der Waals surface area contributed by atoms with Gasteiger partial charge in [-0.25, -0.2) is 0 Å². The zero-order chi connectivity index (χ0) is 23.9. The van der Waals surface area contributed by atoms with Crippen LogP contribution in [-0.2, 0) is 30.5 Å². The van der Waals surface area contributed by atoms with E-state index >= 15 is 0 Å². The molecule has 0 heterocycles. The molecule has 2 aliphatic rings. The monoisotopic (exact) mass is 455 g/mol. The first-order chi connectivity index (χ1) is 16.6. The summed E-state index contributed by atoms with van der Waals surface area (Å²) >= 11 is 0. The highest BCUT2D eigenvalue weighted by atomic mass is 16.1. The van der Waals surface area contributed by atoms with E-state index in [0.29, 0.717) is 0 Å². The van der Waals surface area contributed by atoms with Crippen molar-refractivity contribution in [1.82, 2.24) is 10.6 Å². The molecule has 0 aliphatic heterocycles. The van der Waals surface area contributed by atoms with E-state index in [-0.39, 0.29) is 23.6 Å². The Morgan fingerprint density at radius 3 is 1.85 bits per heavy atom. The van der Waals surface area contributed by atoms with Crippen molar-refractivity contribution < 1.29 is 4.79 Å². The van der Waals surface area contributed by atoms with Crippen LogP contribution in [0.5, 0.6) is 0 Å². The van der Waals surface area contributed by atoms with E-state index in [1.54, 1.807) is 6.20 Å². The summed E-state index contributed by atoms with van der Waals surface area (Å²) in [4.78, 5) is 13.0. The van der Waals surface area contributed by atoms with Crippen LogP contribution < -0.4 is 10.6 Å². The standard InChI is InChI=1S/C30H37N3O/c1-3-28(25-15-13-21-9-5-7-11-23(21)17-25)32-20-27(19-31)30(34)33-29(4-2)26-16-14-22-10-6-8-12-24(22)18-26/h13-18,20,28-29,32H,3-12H2,1-2H3,(H,33,34)/b27-20-. The van der Waals surface area contributed by atoms with Crippen LogP contribution in [0.15, 0.2) is 48.2 Å². The first-order valence-electron chi connectivity index (χ1n) is 13.0. The predicted molar refractivity (Wildman–Crippen MR) is 137 cm³/mol. The summed E-state index contributed by atoms with van der Waals surface area (Å²) in [5.41, 5.74) is 8.22. The lowest BCUT2D eigenvalue weighted by atomic mass is 9.88. The largest absolute Gasteiger partial charge is 0.383 e. The first-order valence-corrected chi connectivity index (χ1v) is 13.0. The fourth-order valence-electron chi connectivity index (χ4n) is 5.38. The second-order valence-corrected chi connectivity index (χ2v) is 9.70. The number of hydrogen-bond acceptors (Lipinski definition) is 3. The van der Waals surface area contributed by atoms with Crippen molar-refractivity contribution >= 4 is 5.91 Å². The maximum Gasteiger partial charge on any atom is 0.263 e. The fourth-order valence-corrected chi connectivity index (χ4v) is 5.38. The van der Waals surface area contributed by atoms with Gasteiger partial charge >= 0.3 is 0 Å². The molecular weight excluding hydrogens is 418 g/mol. The van der Waals surface area contributed by atoms with Crippen LogP contribution in [0.4, 0.5) is 0 Å². The van der Waals surface area contributed by atoms with Gasteiger partial charge in [0.25, 0.3) is 5.91 Å². The summed E-state index contributed by atoms with van der Waals surface area (Å²) < 4.78 is 0. The molecule has 0 radical (unpaired) electrons. The summed E-state index contributed by atoms with van der Waals surface area (Å²) in [5.74, 6) is -0.320. The van der Waals surface area contributed by atoms with Crippen LogP contribution in [-0.4, -0.2) is 5.91 Å². The zero-order valence-corrected chi connectivity index (χ0v) is 20.6. The highest BCUT2D eigenvalue weighted by Crippen LogP contribution is 2.27. The minimum atomic E-state index is -0.320. The van der Waals surface area contributed by atoms with E-state index in [9.17, 15) is 10.1 Å². The van der Waals surface area contributed by atoms with Gasteiger partial charge in [-0.3, -0.25) is 4.79 Å². The lowest BCUT2D eigenvalue weighted by molar-refractivity contribution is -0.117. The number of rotatable bonds is 8. The van der Waals surface area contributed by atoms with Gasteiger partial charge in [0, 0.05) is 6.20 Å². The van der Waals surface area contributed by atoms with Gasteiger partial charge in [-0.15, -0.1) is 0 Å². The van der Waals surface area contributed by atoms with Crippen molar-refractivity contribution in [1.29, 1.82) is 5.26 Å². The predicted octanol–water partition coefficient (Wildman–Crippen LogP) is 6.16. The fraction of sp³-hybridized carbons (Fsp3) is 0.467. The maximum atomic E-state index is 13.0. The van der Waals surface area contributed by atoms with E-state index in [1.165, 1.54) is 59.9 Å². The van der Waals surface area contributed by atoms with Gasteiger partial charge in [0.1, 0.15) is 11.6 Å². The van der Waals surface area contributed by atoms with E-state index in [1.807, 2.05) is 0 Å². The third-order valence-corrected chi connectivity index (χ3v) is 7.47. The molecule has 178 valence electrons. The molecule has 0 fully saturated rings. The van der Waals surface area contributed by atoms with E-state index < -0.39 is 0 Å². The van der Waals surface area contributed by atoms with Gasteiger partial charge in [0.15, 0.2) is 0 Å². The number of nitrogens with one attached hydrogen (secondary N) is 2. The number of benzene rings is 2. The van der Waals surface area contributed by atoms with Gasteiger partial charge < -0.3 is 10.6 Å². The zero-order valence-electron chi connectivity index (χ0n) is 20.6. The Labute approximate surface area is 204 Å². The van der Waals surface area contributed by atoms with Crippen LogP contribution in [0, 0.1) is 11.3 Å². The van der Waals surface area contributed by atoms with Crippen molar-refractivity contribution in [2.24, 2.45) is 0 Å². The van der Waals surface area contributed by atoms with Crippen molar-refractivity contribution in [2.45, 2.75) is 90.1 Å². The molecule has 34 heavy (non-hydrogen) atoms. The van der Waals surface area contributed by atoms with Crippen molar-refractivity contribution in [3.05, 3.63) is 81.6 Å². The quantitative estimate of drug-likeness (QED) is 0.370. The Morgan fingerprint density at radius 1 is 0.853 bits per heavy atom. The van der Waals surface area contributed by atoms with Crippen LogP contribution >= 0.6 is 0 Å². The topological polar surface area (TPSA) is 64.9 Å². The van der Waals surface area contributed by atoms with Gasteiger partial charge in [0.05, 0.1) is 12.1 Å². The van der Waals surface area contributed by atoms with Gasteiger partial charge in [-0.1, -0.05) is 50.2 Å². The Hall–Kier alpha value is -3.06. The molecule has 4 nitrogen and oxygen atoms in total. The number of aryl methyl sites for hydroxylation is 4. The average molecular weight is 456 g/mol. The van der Waals surface area contributed by atoms with Crippen LogP contribution in [0.2, 0.25) is 0 Å². The minimum Gasteiger partial charge on any atom is -0.383 e. The molecule has 2 atom stereocenters. The van der Waals surface area contributed by atoms with Crippen LogP contribution in [0.3, 0.4) is 0 Å². The second kappa shape index (κ2) is 11.4. The highest BCUT2D eigenvalue weighted by molar-refractivity contribution is 5.97. The summed E-state index contributed by atoms with van der Waals surface area (Å²) in [5, 5.41) is 16.2. The van der Waals surface area contributed by atoms with Crippen molar-refractivity contribution in [3.63, 3.8) is 0 Å². The van der Waals surface area contributed by atoms with Crippen molar-refractivity contribution in [3.8, 4) is 6.07 Å². The molecule has 2 N–H and O–H groups in total. The number of nitrogens with zero attached hydrogens (tertiary/aromatic N) is 1. The summed E-state index contributed by atoms with van der Waals surface area (Å²) in [6.07, 6.45) is 12.8. The smallest absolute Gasteiger partial charge is 0.263 e. The third-order valence-electron chi connectivity index (χ3n) is 7.47. The average Bonchev–Trinajstić information content (AvgIpc) is 2.89. The SMILES string of the molecule is CCC(N/C=C(/C#N)C(=O)NC(CC)c1ccc2c(c1)CCCC2)c1ccc2c(c1)CCCC2. The number of fused-ring (bicyclic) bond motifs is 2. The molecule has 0 spiro atoms. The molecule has 0 saturated carbocycles. The maximum absolute atomic E-state index is 13.0. The second-order valence-electron chi connectivity index (χ2n) is 9.70. The molecule has 2 unspecified atom stereocenters. The molecular formula is C30H37N3O. The van der Waals surface area contributed by atoms with Gasteiger partial charge in [-0.2, -0.15) is 5.26 Å². The third kappa shape index (κ3) is 5.53. The number of carbonyl (C=O) groups is 1. The highest BCUT2D eigenvalue weighted by Gasteiger charge is 2.19. The summed E-state index contributed by atoms with van der Waals surface area (Å²) in [6.45, 7) is 4.20. The Kier molecular flexibility index (Phi) is 8.06. The molecule has 2 aliphatic carbocycles. The molecule has 2 aromatic rings.